The number of rotatable bonds is 3. The highest BCUT2D eigenvalue weighted by Crippen LogP contribution is 2.30. The number of aromatic amines is 1. The molecule has 1 saturated carbocycles. The van der Waals surface area contributed by atoms with Crippen LogP contribution in [0.15, 0.2) is 18.2 Å². The largest absolute Gasteiger partial charge is 0.497 e. The Labute approximate surface area is 98.2 Å². The molecule has 5 nitrogen and oxygen atoms in total. The van der Waals surface area contributed by atoms with Gasteiger partial charge in [0.2, 0.25) is 11.9 Å². The summed E-state index contributed by atoms with van der Waals surface area (Å²) in [6.07, 6.45) is 1.97. The maximum absolute atomic E-state index is 11.6. The summed E-state index contributed by atoms with van der Waals surface area (Å²) in [7, 11) is 1.62. The van der Waals surface area contributed by atoms with Gasteiger partial charge in [-0.2, -0.15) is 0 Å². The Balaban J connectivity index is 1.87. The molecule has 1 amide bonds. The second-order valence-electron chi connectivity index (χ2n) is 4.23. The van der Waals surface area contributed by atoms with Crippen LogP contribution in [0.2, 0.25) is 0 Å². The van der Waals surface area contributed by atoms with Crippen LogP contribution in [0.1, 0.15) is 12.8 Å². The molecule has 1 aliphatic rings. The normalized spacial score (nSPS) is 14.9. The summed E-state index contributed by atoms with van der Waals surface area (Å²) in [6.45, 7) is 0. The number of carbonyl (C=O) groups excluding carboxylic acids is 1. The van der Waals surface area contributed by atoms with Crippen molar-refractivity contribution in [1.82, 2.24) is 9.97 Å². The van der Waals surface area contributed by atoms with Crippen LogP contribution in [0.5, 0.6) is 5.75 Å². The molecule has 5 heteroatoms. The lowest BCUT2D eigenvalue weighted by Gasteiger charge is -1.97. The van der Waals surface area contributed by atoms with E-state index < -0.39 is 0 Å². The molecule has 1 fully saturated rings. The van der Waals surface area contributed by atoms with Gasteiger partial charge in [0.25, 0.3) is 0 Å². The molecule has 0 radical (unpaired) electrons. The van der Waals surface area contributed by atoms with Gasteiger partial charge in [0.05, 0.1) is 18.1 Å². The van der Waals surface area contributed by atoms with E-state index in [-0.39, 0.29) is 11.8 Å². The van der Waals surface area contributed by atoms with Gasteiger partial charge in [0, 0.05) is 12.0 Å². The van der Waals surface area contributed by atoms with E-state index in [0.717, 1.165) is 29.6 Å². The lowest BCUT2D eigenvalue weighted by Crippen LogP contribution is -2.14. The molecule has 0 unspecified atom stereocenters. The number of nitrogens with zero attached hydrogens (tertiary/aromatic N) is 1. The van der Waals surface area contributed by atoms with E-state index in [2.05, 4.69) is 15.3 Å². The number of anilines is 1. The van der Waals surface area contributed by atoms with Crippen LogP contribution in [0, 0.1) is 5.92 Å². The topological polar surface area (TPSA) is 67.0 Å². The first-order valence-electron chi connectivity index (χ1n) is 5.61. The van der Waals surface area contributed by atoms with Gasteiger partial charge in [-0.25, -0.2) is 4.98 Å². The number of amides is 1. The molecule has 1 aromatic heterocycles. The molecular weight excluding hydrogens is 218 g/mol. The fraction of sp³-hybridized carbons (Fsp3) is 0.333. The van der Waals surface area contributed by atoms with Crippen molar-refractivity contribution in [3.63, 3.8) is 0 Å². The number of methoxy groups -OCH3 is 1. The zero-order valence-electron chi connectivity index (χ0n) is 9.49. The monoisotopic (exact) mass is 231 g/mol. The van der Waals surface area contributed by atoms with E-state index >= 15 is 0 Å². The Bertz CT molecular complexity index is 572. The Morgan fingerprint density at radius 3 is 3.06 bits per heavy atom. The maximum atomic E-state index is 11.6. The van der Waals surface area contributed by atoms with E-state index in [1.807, 2.05) is 18.2 Å². The lowest BCUT2D eigenvalue weighted by atomic mass is 10.3. The average Bonchev–Trinajstić information content (AvgIpc) is 3.10. The third-order valence-corrected chi connectivity index (χ3v) is 2.88. The summed E-state index contributed by atoms with van der Waals surface area (Å²) >= 11 is 0. The number of fused-ring (bicyclic) bond motifs is 1. The molecule has 1 aliphatic carbocycles. The van der Waals surface area contributed by atoms with Crippen molar-refractivity contribution in [2.24, 2.45) is 5.92 Å². The van der Waals surface area contributed by atoms with Gasteiger partial charge in [0.1, 0.15) is 5.75 Å². The Morgan fingerprint density at radius 2 is 2.35 bits per heavy atom. The molecule has 17 heavy (non-hydrogen) atoms. The number of hydrogen-bond acceptors (Lipinski definition) is 3. The van der Waals surface area contributed by atoms with Crippen LogP contribution < -0.4 is 10.1 Å². The van der Waals surface area contributed by atoms with Crippen molar-refractivity contribution in [2.45, 2.75) is 12.8 Å². The van der Waals surface area contributed by atoms with Crippen molar-refractivity contribution in [3.8, 4) is 5.75 Å². The van der Waals surface area contributed by atoms with Gasteiger partial charge >= 0.3 is 0 Å². The average molecular weight is 231 g/mol. The summed E-state index contributed by atoms with van der Waals surface area (Å²) in [5.41, 5.74) is 1.67. The number of ether oxygens (including phenoxy) is 1. The van der Waals surface area contributed by atoms with Crippen LogP contribution >= 0.6 is 0 Å². The van der Waals surface area contributed by atoms with E-state index in [1.165, 1.54) is 0 Å². The van der Waals surface area contributed by atoms with Crippen LogP contribution in [0.25, 0.3) is 11.0 Å². The highest BCUT2D eigenvalue weighted by molar-refractivity contribution is 5.94. The third-order valence-electron chi connectivity index (χ3n) is 2.88. The molecule has 1 aromatic carbocycles. The van der Waals surface area contributed by atoms with Crippen molar-refractivity contribution < 1.29 is 9.53 Å². The Kier molecular flexibility index (Phi) is 2.24. The van der Waals surface area contributed by atoms with Gasteiger partial charge in [-0.1, -0.05) is 0 Å². The smallest absolute Gasteiger partial charge is 0.229 e. The van der Waals surface area contributed by atoms with Gasteiger partial charge in [-0.05, 0) is 25.0 Å². The fourth-order valence-corrected chi connectivity index (χ4v) is 1.74. The molecule has 0 saturated heterocycles. The number of nitrogens with one attached hydrogen (secondary N) is 2. The molecule has 0 bridgehead atoms. The summed E-state index contributed by atoms with van der Waals surface area (Å²) in [5, 5.41) is 2.78. The second kappa shape index (κ2) is 3.76. The molecule has 0 atom stereocenters. The zero-order chi connectivity index (χ0) is 11.8. The van der Waals surface area contributed by atoms with E-state index in [4.69, 9.17) is 4.74 Å². The first-order valence-corrected chi connectivity index (χ1v) is 5.61. The SMILES string of the molecule is COc1ccc2nc(NC(=O)C3CC3)[nH]c2c1. The molecule has 0 aliphatic heterocycles. The second-order valence-corrected chi connectivity index (χ2v) is 4.23. The van der Waals surface area contributed by atoms with Gasteiger partial charge < -0.3 is 9.72 Å². The van der Waals surface area contributed by atoms with Crippen LogP contribution in [-0.4, -0.2) is 23.0 Å². The number of carbonyl (C=O) groups is 1. The standard InChI is InChI=1S/C12H13N3O2/c1-17-8-4-5-9-10(6-8)14-12(13-9)15-11(16)7-2-3-7/h4-7H,2-3H2,1H3,(H2,13,14,15,16). The Hall–Kier alpha value is -2.04. The minimum atomic E-state index is 0.0519. The van der Waals surface area contributed by atoms with Gasteiger partial charge in [-0.3, -0.25) is 10.1 Å². The number of benzene rings is 1. The first-order chi connectivity index (χ1) is 8.26. The van der Waals surface area contributed by atoms with Crippen molar-refractivity contribution in [2.75, 3.05) is 12.4 Å². The van der Waals surface area contributed by atoms with Gasteiger partial charge in [0.15, 0.2) is 0 Å². The third kappa shape index (κ3) is 1.95. The van der Waals surface area contributed by atoms with E-state index in [1.54, 1.807) is 7.11 Å². The fourth-order valence-electron chi connectivity index (χ4n) is 1.74. The minimum absolute atomic E-state index is 0.0519. The summed E-state index contributed by atoms with van der Waals surface area (Å²) in [5.74, 6) is 1.50. The number of H-pyrrole nitrogens is 1. The minimum Gasteiger partial charge on any atom is -0.497 e. The lowest BCUT2D eigenvalue weighted by molar-refractivity contribution is -0.117. The quantitative estimate of drug-likeness (QED) is 0.848. The molecule has 2 aromatic rings. The van der Waals surface area contributed by atoms with Crippen LogP contribution in [0.3, 0.4) is 0 Å². The number of aromatic nitrogens is 2. The highest BCUT2D eigenvalue weighted by atomic mass is 16.5. The van der Waals surface area contributed by atoms with Crippen LogP contribution in [-0.2, 0) is 4.79 Å². The van der Waals surface area contributed by atoms with E-state index in [9.17, 15) is 4.79 Å². The highest BCUT2D eigenvalue weighted by Gasteiger charge is 2.30. The number of hydrogen-bond donors (Lipinski definition) is 2. The summed E-state index contributed by atoms with van der Waals surface area (Å²) < 4.78 is 5.13. The molecule has 3 rings (SSSR count). The summed E-state index contributed by atoms with van der Waals surface area (Å²) in [4.78, 5) is 18.9. The van der Waals surface area contributed by atoms with Crippen molar-refractivity contribution >= 4 is 22.9 Å². The predicted octanol–water partition coefficient (Wildman–Crippen LogP) is 1.92. The summed E-state index contributed by atoms with van der Waals surface area (Å²) in [6, 6.07) is 5.56. The van der Waals surface area contributed by atoms with Crippen molar-refractivity contribution in [3.05, 3.63) is 18.2 Å². The van der Waals surface area contributed by atoms with E-state index in [0.29, 0.717) is 5.95 Å². The van der Waals surface area contributed by atoms with Crippen LogP contribution in [0.4, 0.5) is 5.95 Å². The van der Waals surface area contributed by atoms with Gasteiger partial charge in [-0.15, -0.1) is 0 Å². The zero-order valence-corrected chi connectivity index (χ0v) is 9.49. The molecule has 2 N–H and O–H groups in total. The predicted molar refractivity (Wildman–Crippen MR) is 64.0 cm³/mol. The first kappa shape index (κ1) is 10.1. The Morgan fingerprint density at radius 1 is 1.53 bits per heavy atom. The maximum Gasteiger partial charge on any atom is 0.229 e. The molecule has 0 spiro atoms. The van der Waals surface area contributed by atoms with Crippen molar-refractivity contribution in [1.29, 1.82) is 0 Å². The molecular formula is C12H13N3O2. The molecule has 88 valence electrons. The molecule has 1 heterocycles. The number of imidazole rings is 1.